The van der Waals surface area contributed by atoms with Crippen molar-refractivity contribution in [3.63, 3.8) is 0 Å². The summed E-state index contributed by atoms with van der Waals surface area (Å²) < 4.78 is 10.4. The van der Waals surface area contributed by atoms with E-state index in [0.29, 0.717) is 6.61 Å². The Bertz CT molecular complexity index is 277. The lowest BCUT2D eigenvalue weighted by molar-refractivity contribution is -0.0138. The average molecular weight is 185 g/mol. The van der Waals surface area contributed by atoms with Crippen LogP contribution in [0.5, 0.6) is 0 Å². The van der Waals surface area contributed by atoms with Gasteiger partial charge < -0.3 is 9.47 Å². The highest BCUT2D eigenvalue weighted by molar-refractivity contribution is 6.30. The summed E-state index contributed by atoms with van der Waals surface area (Å²) in [4.78, 5) is 0. The minimum atomic E-state index is -0.482. The van der Waals surface area contributed by atoms with Crippen molar-refractivity contribution in [2.45, 2.75) is 5.79 Å². The molecule has 64 valence electrons. The monoisotopic (exact) mass is 184 g/mol. The minimum absolute atomic E-state index is 0.482. The second-order valence-electron chi connectivity index (χ2n) is 2.75. The molecule has 2 rings (SSSR count). The fourth-order valence-corrected chi connectivity index (χ4v) is 1.30. The van der Waals surface area contributed by atoms with Crippen molar-refractivity contribution >= 4 is 11.6 Å². The van der Waals surface area contributed by atoms with Crippen LogP contribution in [0.3, 0.4) is 0 Å². The van der Waals surface area contributed by atoms with Crippen molar-refractivity contribution < 1.29 is 9.47 Å². The summed E-state index contributed by atoms with van der Waals surface area (Å²) in [6, 6.07) is 7.50. The number of halogens is 1. The highest BCUT2D eigenvalue weighted by Gasteiger charge is 2.47. The molecule has 1 unspecified atom stereocenters. The zero-order valence-electron chi connectivity index (χ0n) is 6.71. The van der Waals surface area contributed by atoms with Crippen molar-refractivity contribution in [3.05, 3.63) is 34.9 Å². The van der Waals surface area contributed by atoms with Crippen molar-refractivity contribution in [2.75, 3.05) is 13.7 Å². The van der Waals surface area contributed by atoms with Gasteiger partial charge in [-0.2, -0.15) is 0 Å². The average Bonchev–Trinajstić information content (AvgIpc) is 2.86. The Hall–Kier alpha value is -0.570. The quantitative estimate of drug-likeness (QED) is 0.658. The van der Waals surface area contributed by atoms with E-state index in [-0.39, 0.29) is 0 Å². The Kier molecular flexibility index (Phi) is 1.83. The number of hydrogen-bond donors (Lipinski definition) is 0. The summed E-state index contributed by atoms with van der Waals surface area (Å²) in [5.74, 6) is -0.482. The van der Waals surface area contributed by atoms with Crippen LogP contribution in [0.1, 0.15) is 5.56 Å². The van der Waals surface area contributed by atoms with Gasteiger partial charge in [0.1, 0.15) is 6.61 Å². The van der Waals surface area contributed by atoms with Crippen molar-refractivity contribution in [1.29, 1.82) is 0 Å². The summed E-state index contributed by atoms with van der Waals surface area (Å²) in [6.45, 7) is 0.630. The van der Waals surface area contributed by atoms with Gasteiger partial charge in [-0.15, -0.1) is 0 Å². The van der Waals surface area contributed by atoms with Gasteiger partial charge in [-0.3, -0.25) is 0 Å². The first-order valence-corrected chi connectivity index (χ1v) is 4.10. The maximum atomic E-state index is 5.74. The van der Waals surface area contributed by atoms with Crippen LogP contribution in [-0.2, 0) is 15.3 Å². The van der Waals surface area contributed by atoms with E-state index in [1.807, 2.05) is 24.3 Å². The van der Waals surface area contributed by atoms with Crippen molar-refractivity contribution in [1.82, 2.24) is 0 Å². The molecule has 1 fully saturated rings. The SMILES string of the molecule is COC1(c2ccc(Cl)cc2)CO1. The maximum absolute atomic E-state index is 5.74. The van der Waals surface area contributed by atoms with Crippen LogP contribution in [-0.4, -0.2) is 13.7 Å². The largest absolute Gasteiger partial charge is 0.347 e. The predicted octanol–water partition coefficient (Wildman–Crippen LogP) is 2.17. The lowest BCUT2D eigenvalue weighted by Crippen LogP contribution is -2.10. The molecule has 1 heterocycles. The molecule has 1 aromatic rings. The van der Waals surface area contributed by atoms with Crippen molar-refractivity contribution in [2.24, 2.45) is 0 Å². The molecule has 1 saturated heterocycles. The first kappa shape index (κ1) is 8.05. The molecular formula is C9H9ClO2. The Morgan fingerprint density at radius 3 is 2.42 bits per heavy atom. The number of epoxide rings is 1. The summed E-state index contributed by atoms with van der Waals surface area (Å²) in [6.07, 6.45) is 0. The van der Waals surface area contributed by atoms with Crippen LogP contribution >= 0.6 is 11.6 Å². The minimum Gasteiger partial charge on any atom is -0.347 e. The van der Waals surface area contributed by atoms with Crippen LogP contribution in [0.15, 0.2) is 24.3 Å². The molecule has 1 aromatic carbocycles. The van der Waals surface area contributed by atoms with Gasteiger partial charge in [0, 0.05) is 17.7 Å². The number of ether oxygens (including phenoxy) is 2. The second-order valence-corrected chi connectivity index (χ2v) is 3.19. The van der Waals surface area contributed by atoms with Crippen LogP contribution in [0.4, 0.5) is 0 Å². The van der Waals surface area contributed by atoms with E-state index < -0.39 is 5.79 Å². The molecule has 0 N–H and O–H groups in total. The number of hydrogen-bond acceptors (Lipinski definition) is 2. The zero-order valence-corrected chi connectivity index (χ0v) is 7.47. The van der Waals surface area contributed by atoms with Gasteiger partial charge in [-0.25, -0.2) is 0 Å². The number of rotatable bonds is 2. The molecule has 2 nitrogen and oxygen atoms in total. The number of benzene rings is 1. The van der Waals surface area contributed by atoms with E-state index in [1.165, 1.54) is 0 Å². The van der Waals surface area contributed by atoms with Gasteiger partial charge in [-0.05, 0) is 12.1 Å². The van der Waals surface area contributed by atoms with Crippen LogP contribution in [0, 0.1) is 0 Å². The molecule has 1 aliphatic rings. The third-order valence-corrected chi connectivity index (χ3v) is 2.27. The summed E-state index contributed by atoms with van der Waals surface area (Å²) in [5, 5.41) is 0.727. The van der Waals surface area contributed by atoms with E-state index in [4.69, 9.17) is 21.1 Å². The van der Waals surface area contributed by atoms with E-state index in [1.54, 1.807) is 7.11 Å². The Morgan fingerprint density at radius 2 is 2.00 bits per heavy atom. The smallest absolute Gasteiger partial charge is 0.219 e. The lowest BCUT2D eigenvalue weighted by Gasteiger charge is -2.08. The third-order valence-electron chi connectivity index (χ3n) is 2.02. The molecule has 0 bridgehead atoms. The third kappa shape index (κ3) is 1.22. The molecule has 1 aliphatic heterocycles. The molecule has 3 heteroatoms. The first-order chi connectivity index (χ1) is 5.77. The van der Waals surface area contributed by atoms with Gasteiger partial charge in [0.05, 0.1) is 0 Å². The standard InChI is InChI=1S/C9H9ClO2/c1-11-9(6-12-9)7-2-4-8(10)5-3-7/h2-5H,6H2,1H3. The lowest BCUT2D eigenvalue weighted by atomic mass is 10.1. The molecule has 0 spiro atoms. The molecule has 0 amide bonds. The molecule has 1 atom stereocenters. The van der Waals surface area contributed by atoms with E-state index >= 15 is 0 Å². The normalized spacial score (nSPS) is 27.2. The van der Waals surface area contributed by atoms with Gasteiger partial charge in [0.25, 0.3) is 0 Å². The molecule has 12 heavy (non-hydrogen) atoms. The molecular weight excluding hydrogens is 176 g/mol. The summed E-state index contributed by atoms with van der Waals surface area (Å²) in [5.41, 5.74) is 1.02. The highest BCUT2D eigenvalue weighted by Crippen LogP contribution is 2.39. The topological polar surface area (TPSA) is 21.8 Å². The molecule has 0 radical (unpaired) electrons. The predicted molar refractivity (Wildman–Crippen MR) is 46.1 cm³/mol. The second kappa shape index (κ2) is 2.73. The van der Waals surface area contributed by atoms with Crippen LogP contribution in [0.2, 0.25) is 5.02 Å². The zero-order chi connectivity index (χ0) is 8.60. The first-order valence-electron chi connectivity index (χ1n) is 3.72. The number of methoxy groups -OCH3 is 1. The Balaban J connectivity index is 2.29. The molecule has 0 aromatic heterocycles. The summed E-state index contributed by atoms with van der Waals surface area (Å²) >= 11 is 5.74. The maximum Gasteiger partial charge on any atom is 0.219 e. The van der Waals surface area contributed by atoms with Gasteiger partial charge in [0.2, 0.25) is 5.79 Å². The van der Waals surface area contributed by atoms with Crippen molar-refractivity contribution in [3.8, 4) is 0 Å². The Labute approximate surface area is 76.1 Å². The molecule has 0 aliphatic carbocycles. The van der Waals surface area contributed by atoms with Gasteiger partial charge in [0.15, 0.2) is 0 Å². The van der Waals surface area contributed by atoms with Crippen LogP contribution < -0.4 is 0 Å². The van der Waals surface area contributed by atoms with E-state index in [0.717, 1.165) is 10.6 Å². The fourth-order valence-electron chi connectivity index (χ4n) is 1.17. The molecule has 0 saturated carbocycles. The fraction of sp³-hybridized carbons (Fsp3) is 0.333. The van der Waals surface area contributed by atoms with E-state index in [2.05, 4.69) is 0 Å². The Morgan fingerprint density at radius 1 is 1.42 bits per heavy atom. The van der Waals surface area contributed by atoms with Gasteiger partial charge >= 0.3 is 0 Å². The van der Waals surface area contributed by atoms with E-state index in [9.17, 15) is 0 Å². The highest BCUT2D eigenvalue weighted by atomic mass is 35.5. The van der Waals surface area contributed by atoms with Crippen LogP contribution in [0.25, 0.3) is 0 Å². The van der Waals surface area contributed by atoms with Gasteiger partial charge in [-0.1, -0.05) is 23.7 Å². The summed E-state index contributed by atoms with van der Waals surface area (Å²) in [7, 11) is 1.64.